The Morgan fingerprint density at radius 2 is 1.90 bits per heavy atom. The third kappa shape index (κ3) is 3.48. The number of carbonyl (C=O) groups is 1. The Morgan fingerprint density at radius 1 is 1.14 bits per heavy atom. The van der Waals surface area contributed by atoms with Gasteiger partial charge in [-0.05, 0) is 42.5 Å². The van der Waals surface area contributed by atoms with Crippen molar-refractivity contribution in [2.24, 2.45) is 0 Å². The van der Waals surface area contributed by atoms with Crippen LogP contribution in [0.4, 0.5) is 5.69 Å². The highest BCUT2D eigenvalue weighted by molar-refractivity contribution is 7.00. The second-order valence-corrected chi connectivity index (χ2v) is 5.22. The first kappa shape index (κ1) is 13.8. The molecule has 0 spiro atoms. The van der Waals surface area contributed by atoms with E-state index >= 15 is 0 Å². The van der Waals surface area contributed by atoms with Crippen LogP contribution in [0, 0.1) is 0 Å². The van der Waals surface area contributed by atoms with Gasteiger partial charge in [-0.2, -0.15) is 8.75 Å². The molecule has 1 N–H and O–H groups in total. The fourth-order valence-electron chi connectivity index (χ4n) is 1.74. The molecule has 1 aromatic heterocycles. The second kappa shape index (κ2) is 6.07. The second-order valence-electron chi connectivity index (χ2n) is 4.26. The van der Waals surface area contributed by atoms with Gasteiger partial charge in [-0.25, -0.2) is 0 Å². The van der Waals surface area contributed by atoms with E-state index in [9.17, 15) is 4.79 Å². The Labute approximate surface area is 129 Å². The molecule has 0 aliphatic heterocycles. The van der Waals surface area contributed by atoms with Gasteiger partial charge in [0.05, 0.1) is 11.7 Å². The number of amides is 1. The molecule has 5 nitrogen and oxygen atoms in total. The molecule has 0 aliphatic carbocycles. The number of anilines is 1. The average Bonchev–Trinajstić information content (AvgIpc) is 2.94. The van der Waals surface area contributed by atoms with E-state index in [4.69, 9.17) is 16.3 Å². The maximum absolute atomic E-state index is 11.8. The Kier molecular flexibility index (Phi) is 3.98. The predicted molar refractivity (Wildman–Crippen MR) is 83.0 cm³/mol. The normalized spacial score (nSPS) is 10.5. The number of ether oxygens (including phenoxy) is 1. The van der Waals surface area contributed by atoms with Crippen molar-refractivity contribution in [3.8, 4) is 5.75 Å². The van der Waals surface area contributed by atoms with Gasteiger partial charge < -0.3 is 10.1 Å². The number of aromatic nitrogens is 2. The molecule has 0 fully saturated rings. The van der Waals surface area contributed by atoms with Gasteiger partial charge in [0.2, 0.25) is 0 Å². The summed E-state index contributed by atoms with van der Waals surface area (Å²) in [7, 11) is 0. The van der Waals surface area contributed by atoms with E-state index in [1.165, 1.54) is 0 Å². The molecule has 0 saturated carbocycles. The largest absolute Gasteiger partial charge is 0.484 e. The van der Waals surface area contributed by atoms with Gasteiger partial charge in [0.25, 0.3) is 5.91 Å². The van der Waals surface area contributed by atoms with Crippen LogP contribution in [0.1, 0.15) is 0 Å². The van der Waals surface area contributed by atoms with E-state index < -0.39 is 0 Å². The van der Waals surface area contributed by atoms with Gasteiger partial charge in [-0.3, -0.25) is 4.79 Å². The zero-order valence-electron chi connectivity index (χ0n) is 10.7. The fourth-order valence-corrected chi connectivity index (χ4v) is 2.38. The van der Waals surface area contributed by atoms with Crippen molar-refractivity contribution in [2.45, 2.75) is 0 Å². The van der Waals surface area contributed by atoms with Crippen molar-refractivity contribution in [3.05, 3.63) is 47.5 Å². The molecule has 0 radical (unpaired) electrons. The molecule has 7 heteroatoms. The lowest BCUT2D eigenvalue weighted by molar-refractivity contribution is -0.118. The van der Waals surface area contributed by atoms with E-state index in [1.54, 1.807) is 36.4 Å². The SMILES string of the molecule is O=C(COc1ccc(Cl)cc1)Nc1ccc2nsnc2c1. The highest BCUT2D eigenvalue weighted by Gasteiger charge is 2.06. The van der Waals surface area contributed by atoms with Gasteiger partial charge in [-0.15, -0.1) is 0 Å². The minimum atomic E-state index is -0.243. The van der Waals surface area contributed by atoms with Gasteiger partial charge in [-0.1, -0.05) is 11.6 Å². The molecular weight excluding hydrogens is 310 g/mol. The van der Waals surface area contributed by atoms with Gasteiger partial charge >= 0.3 is 0 Å². The Morgan fingerprint density at radius 3 is 2.71 bits per heavy atom. The topological polar surface area (TPSA) is 64.1 Å². The van der Waals surface area contributed by atoms with Crippen molar-refractivity contribution in [1.82, 2.24) is 8.75 Å². The van der Waals surface area contributed by atoms with Crippen molar-refractivity contribution >= 4 is 46.0 Å². The van der Waals surface area contributed by atoms with E-state index in [2.05, 4.69) is 14.1 Å². The van der Waals surface area contributed by atoms with Crippen LogP contribution in [0.2, 0.25) is 5.02 Å². The van der Waals surface area contributed by atoms with Crippen molar-refractivity contribution in [1.29, 1.82) is 0 Å². The summed E-state index contributed by atoms with van der Waals surface area (Å²) in [6.45, 7) is -0.0744. The lowest BCUT2D eigenvalue weighted by Crippen LogP contribution is -2.20. The van der Waals surface area contributed by atoms with Crippen LogP contribution in [-0.4, -0.2) is 21.3 Å². The number of carbonyl (C=O) groups excluding carboxylic acids is 1. The minimum absolute atomic E-state index is 0.0744. The number of nitrogens with one attached hydrogen (secondary N) is 1. The lowest BCUT2D eigenvalue weighted by atomic mass is 10.3. The molecule has 21 heavy (non-hydrogen) atoms. The van der Waals surface area contributed by atoms with Gasteiger partial charge in [0.1, 0.15) is 16.8 Å². The van der Waals surface area contributed by atoms with E-state index in [0.717, 1.165) is 22.8 Å². The van der Waals surface area contributed by atoms with Crippen LogP contribution in [0.25, 0.3) is 11.0 Å². The average molecular weight is 320 g/mol. The van der Waals surface area contributed by atoms with Gasteiger partial charge in [0.15, 0.2) is 6.61 Å². The molecule has 0 aliphatic rings. The highest BCUT2D eigenvalue weighted by Crippen LogP contribution is 2.18. The van der Waals surface area contributed by atoms with E-state index in [0.29, 0.717) is 16.5 Å². The molecule has 1 amide bonds. The lowest BCUT2D eigenvalue weighted by Gasteiger charge is -2.07. The van der Waals surface area contributed by atoms with Gasteiger partial charge in [0, 0.05) is 10.7 Å². The molecule has 3 aromatic rings. The summed E-state index contributed by atoms with van der Waals surface area (Å²) in [5.74, 6) is 0.348. The van der Waals surface area contributed by atoms with Crippen molar-refractivity contribution in [2.75, 3.05) is 11.9 Å². The Hall–Kier alpha value is -2.18. The van der Waals surface area contributed by atoms with Crippen LogP contribution in [0.3, 0.4) is 0 Å². The molecule has 106 valence electrons. The summed E-state index contributed by atoms with van der Waals surface area (Å²) in [6, 6.07) is 12.2. The quantitative estimate of drug-likeness (QED) is 0.801. The third-order valence-electron chi connectivity index (χ3n) is 2.72. The summed E-state index contributed by atoms with van der Waals surface area (Å²) < 4.78 is 13.6. The van der Waals surface area contributed by atoms with Crippen molar-refractivity contribution in [3.63, 3.8) is 0 Å². The number of nitrogens with zero attached hydrogens (tertiary/aromatic N) is 2. The van der Waals surface area contributed by atoms with Crippen LogP contribution in [0.5, 0.6) is 5.75 Å². The molecule has 0 saturated heterocycles. The summed E-state index contributed by atoms with van der Waals surface area (Å²) in [4.78, 5) is 11.8. The zero-order valence-corrected chi connectivity index (χ0v) is 12.3. The van der Waals surface area contributed by atoms with Crippen LogP contribution >= 0.6 is 23.3 Å². The molecule has 2 aromatic carbocycles. The third-order valence-corrected chi connectivity index (χ3v) is 3.53. The van der Waals surface area contributed by atoms with Crippen molar-refractivity contribution < 1.29 is 9.53 Å². The summed E-state index contributed by atoms with van der Waals surface area (Å²) in [5, 5.41) is 3.37. The first-order valence-corrected chi connectivity index (χ1v) is 7.22. The molecule has 1 heterocycles. The molecule has 0 bridgehead atoms. The first-order valence-electron chi connectivity index (χ1n) is 6.11. The van der Waals surface area contributed by atoms with E-state index in [1.807, 2.05) is 6.07 Å². The summed E-state index contributed by atoms with van der Waals surface area (Å²) >= 11 is 6.92. The number of hydrogen-bond donors (Lipinski definition) is 1. The molecule has 0 atom stereocenters. The Bertz CT molecular complexity index is 773. The predicted octanol–water partition coefficient (Wildman–Crippen LogP) is 3.36. The first-order chi connectivity index (χ1) is 10.2. The molecule has 0 unspecified atom stereocenters. The molecule has 3 rings (SSSR count). The highest BCUT2D eigenvalue weighted by atomic mass is 35.5. The maximum atomic E-state index is 11.8. The number of fused-ring (bicyclic) bond motifs is 1. The maximum Gasteiger partial charge on any atom is 0.262 e. The summed E-state index contributed by atoms with van der Waals surface area (Å²) in [6.07, 6.45) is 0. The molecular formula is C14H10ClN3O2S. The summed E-state index contributed by atoms with van der Waals surface area (Å²) in [5.41, 5.74) is 2.24. The number of benzene rings is 2. The zero-order chi connectivity index (χ0) is 14.7. The number of halogens is 1. The fraction of sp³-hybridized carbons (Fsp3) is 0.0714. The Balaban J connectivity index is 1.59. The minimum Gasteiger partial charge on any atom is -0.484 e. The number of rotatable bonds is 4. The van der Waals surface area contributed by atoms with Crippen LogP contribution in [0.15, 0.2) is 42.5 Å². The van der Waals surface area contributed by atoms with E-state index in [-0.39, 0.29) is 12.5 Å². The monoisotopic (exact) mass is 319 g/mol. The smallest absolute Gasteiger partial charge is 0.262 e. The van der Waals surface area contributed by atoms with Crippen LogP contribution in [-0.2, 0) is 4.79 Å². The van der Waals surface area contributed by atoms with Crippen LogP contribution < -0.4 is 10.1 Å². The number of hydrogen-bond acceptors (Lipinski definition) is 5. The standard InChI is InChI=1S/C14H10ClN3O2S/c15-9-1-4-11(5-2-9)20-8-14(19)16-10-3-6-12-13(7-10)18-21-17-12/h1-7H,8H2,(H,16,19).